The van der Waals surface area contributed by atoms with Crippen LogP contribution in [0.15, 0.2) is 140 Å². The number of fused-ring (bicyclic) bond motifs is 8. The number of aromatic nitrogens is 1. The first-order valence-corrected chi connectivity index (χ1v) is 15.8. The highest BCUT2D eigenvalue weighted by atomic mass is 14.9. The minimum absolute atomic E-state index is 0.114. The lowest BCUT2D eigenvalue weighted by molar-refractivity contribution is 0.666. The lowest BCUT2D eigenvalue weighted by Gasteiger charge is -2.25. The first-order chi connectivity index (χ1) is 22.1. The van der Waals surface area contributed by atoms with Gasteiger partial charge in [-0.2, -0.15) is 0 Å². The zero-order chi connectivity index (χ0) is 30.1. The average Bonchev–Trinajstić information content (AvgIpc) is 3.34. The molecule has 2 aliphatic rings. The highest BCUT2D eigenvalue weighted by Crippen LogP contribution is 2.55. The van der Waals surface area contributed by atoms with Crippen molar-refractivity contribution in [2.75, 3.05) is 5.32 Å². The molecule has 0 fully saturated rings. The van der Waals surface area contributed by atoms with Crippen LogP contribution in [0.5, 0.6) is 0 Å². The van der Waals surface area contributed by atoms with Crippen LogP contribution in [0.1, 0.15) is 42.1 Å². The molecule has 1 aliphatic heterocycles. The van der Waals surface area contributed by atoms with E-state index in [0.717, 1.165) is 27.8 Å². The minimum atomic E-state index is -0.170. The zero-order valence-electron chi connectivity index (χ0n) is 25.4. The van der Waals surface area contributed by atoms with Gasteiger partial charge in [0, 0.05) is 16.4 Å². The van der Waals surface area contributed by atoms with Gasteiger partial charge in [0.1, 0.15) is 0 Å². The fourth-order valence-electron chi connectivity index (χ4n) is 7.61. The summed E-state index contributed by atoms with van der Waals surface area (Å²) in [6.45, 7) is 4.76. The Morgan fingerprint density at radius 1 is 0.644 bits per heavy atom. The predicted octanol–water partition coefficient (Wildman–Crippen LogP) is 11.2. The maximum Gasteiger partial charge on any atom is 0.0947 e. The molecule has 9 rings (SSSR count). The Hall–Kier alpha value is -5.47. The Bertz CT molecular complexity index is 2310. The summed E-state index contributed by atoms with van der Waals surface area (Å²) in [5.41, 5.74) is 14.5. The van der Waals surface area contributed by atoms with E-state index in [1.807, 2.05) is 0 Å². The lowest BCUT2D eigenvalue weighted by atomic mass is 9.79. The van der Waals surface area contributed by atoms with E-state index in [1.54, 1.807) is 0 Å². The van der Waals surface area contributed by atoms with Gasteiger partial charge in [-0.3, -0.25) is 0 Å². The Labute approximate surface area is 263 Å². The quantitative estimate of drug-likeness (QED) is 0.226. The van der Waals surface area contributed by atoms with Gasteiger partial charge in [0.2, 0.25) is 0 Å². The van der Waals surface area contributed by atoms with Crippen molar-refractivity contribution in [2.24, 2.45) is 0 Å². The molecule has 6 aromatic carbocycles. The monoisotopic (exact) mass is 576 g/mol. The van der Waals surface area contributed by atoms with Crippen molar-refractivity contribution in [1.29, 1.82) is 0 Å². The Morgan fingerprint density at radius 2 is 1.40 bits per heavy atom. The van der Waals surface area contributed by atoms with Crippen LogP contribution in [-0.2, 0) is 5.41 Å². The molecule has 1 N–H and O–H groups in total. The number of hydrogen-bond acceptors (Lipinski definition) is 2. The summed E-state index contributed by atoms with van der Waals surface area (Å²) >= 11 is 0. The van der Waals surface area contributed by atoms with Crippen molar-refractivity contribution in [3.63, 3.8) is 0 Å². The summed E-state index contributed by atoms with van der Waals surface area (Å²) < 4.78 is 0. The van der Waals surface area contributed by atoms with Gasteiger partial charge < -0.3 is 5.32 Å². The van der Waals surface area contributed by atoms with Crippen molar-refractivity contribution in [1.82, 2.24) is 4.98 Å². The normalized spacial score (nSPS) is 15.8. The second-order valence-corrected chi connectivity index (χ2v) is 12.8. The first-order valence-electron chi connectivity index (χ1n) is 15.8. The van der Waals surface area contributed by atoms with E-state index in [2.05, 4.69) is 165 Å². The highest BCUT2D eigenvalue weighted by molar-refractivity contribution is 6.05. The van der Waals surface area contributed by atoms with Crippen LogP contribution in [0.2, 0.25) is 0 Å². The smallest absolute Gasteiger partial charge is 0.0947 e. The molecule has 0 saturated heterocycles. The number of hydrogen-bond donors (Lipinski definition) is 1. The molecule has 0 bridgehead atoms. The van der Waals surface area contributed by atoms with Crippen LogP contribution in [0.4, 0.5) is 5.69 Å². The molecule has 1 aliphatic carbocycles. The number of nitrogens with one attached hydrogen (secondary N) is 1. The van der Waals surface area contributed by atoms with E-state index in [9.17, 15) is 0 Å². The third-order valence-corrected chi connectivity index (χ3v) is 9.84. The van der Waals surface area contributed by atoms with Crippen molar-refractivity contribution < 1.29 is 0 Å². The van der Waals surface area contributed by atoms with E-state index in [-0.39, 0.29) is 11.5 Å². The molecular formula is C43H32N2. The number of anilines is 1. The molecule has 0 radical (unpaired) electrons. The van der Waals surface area contributed by atoms with E-state index in [1.165, 1.54) is 55.3 Å². The van der Waals surface area contributed by atoms with Crippen molar-refractivity contribution in [2.45, 2.75) is 25.3 Å². The average molecular weight is 577 g/mol. The van der Waals surface area contributed by atoms with Gasteiger partial charge in [0.15, 0.2) is 0 Å². The van der Waals surface area contributed by atoms with Crippen LogP contribution in [0.25, 0.3) is 61.3 Å². The van der Waals surface area contributed by atoms with Gasteiger partial charge in [0.05, 0.1) is 22.9 Å². The van der Waals surface area contributed by atoms with Crippen LogP contribution in [0, 0.1) is 0 Å². The van der Waals surface area contributed by atoms with Crippen LogP contribution in [-0.4, -0.2) is 4.98 Å². The molecule has 2 heterocycles. The molecule has 0 saturated carbocycles. The fraction of sp³-hybridized carbons (Fsp3) is 0.0930. The molecule has 0 amide bonds. The Balaban J connectivity index is 1.20. The van der Waals surface area contributed by atoms with Gasteiger partial charge in [-0.15, -0.1) is 0 Å². The SMILES string of the molecule is CC1(C)c2cc(-c3ccc4ccc5c(c4n3)NC(c3ccccc3)C=C5)ccc2-c2c(-c3ccccc3)cc3ccccc3c21. The Morgan fingerprint density at radius 3 is 2.24 bits per heavy atom. The molecule has 1 aromatic heterocycles. The number of benzene rings is 6. The summed E-state index contributed by atoms with van der Waals surface area (Å²) in [7, 11) is 0. The number of pyridine rings is 1. The topological polar surface area (TPSA) is 24.9 Å². The zero-order valence-corrected chi connectivity index (χ0v) is 25.4. The Kier molecular flexibility index (Phi) is 5.64. The standard InChI is InChI=1S/C43H32N2/c1-43(2)36-26-32(19-22-34(36)39-35(27-11-5-3-6-12-27)25-31-15-9-10-16-33(31)40(39)43)38-24-21-30-18-17-29-20-23-37(28-13-7-4-8-14-28)44-41(29)42(30)45-38/h3-26,37,44H,1-2H3. The lowest BCUT2D eigenvalue weighted by Crippen LogP contribution is -2.15. The van der Waals surface area contributed by atoms with E-state index < -0.39 is 0 Å². The third kappa shape index (κ3) is 3.99. The van der Waals surface area contributed by atoms with Crippen LogP contribution in [0.3, 0.4) is 0 Å². The summed E-state index contributed by atoms with van der Waals surface area (Å²) in [5, 5.41) is 7.55. The number of nitrogens with zero attached hydrogens (tertiary/aromatic N) is 1. The van der Waals surface area contributed by atoms with Gasteiger partial charge in [0.25, 0.3) is 0 Å². The maximum atomic E-state index is 5.33. The molecule has 2 nitrogen and oxygen atoms in total. The summed E-state index contributed by atoms with van der Waals surface area (Å²) in [5.74, 6) is 0. The third-order valence-electron chi connectivity index (χ3n) is 9.84. The van der Waals surface area contributed by atoms with Crippen molar-refractivity contribution in [3.8, 4) is 33.5 Å². The van der Waals surface area contributed by atoms with Gasteiger partial charge in [-0.1, -0.05) is 141 Å². The first kappa shape index (κ1) is 26.0. The predicted molar refractivity (Wildman–Crippen MR) is 190 cm³/mol. The summed E-state index contributed by atoms with van der Waals surface area (Å²) in [6, 6.07) is 48.5. The number of rotatable bonds is 3. The molecule has 0 spiro atoms. The molecule has 2 heteroatoms. The van der Waals surface area contributed by atoms with Gasteiger partial charge in [-0.05, 0) is 73.5 Å². The largest absolute Gasteiger partial charge is 0.372 e. The van der Waals surface area contributed by atoms with Crippen molar-refractivity contribution in [3.05, 3.63) is 162 Å². The minimum Gasteiger partial charge on any atom is -0.372 e. The molecule has 7 aromatic rings. The van der Waals surface area contributed by atoms with E-state index in [0.29, 0.717) is 0 Å². The molecule has 1 atom stereocenters. The molecular weight excluding hydrogens is 544 g/mol. The maximum absolute atomic E-state index is 5.33. The van der Waals surface area contributed by atoms with Crippen molar-refractivity contribution >= 4 is 33.4 Å². The van der Waals surface area contributed by atoms with Crippen LogP contribution < -0.4 is 5.32 Å². The summed E-state index contributed by atoms with van der Waals surface area (Å²) in [6.07, 6.45) is 4.46. The fourth-order valence-corrected chi connectivity index (χ4v) is 7.61. The molecule has 45 heavy (non-hydrogen) atoms. The van der Waals surface area contributed by atoms with Crippen LogP contribution >= 0.6 is 0 Å². The van der Waals surface area contributed by atoms with Gasteiger partial charge in [-0.25, -0.2) is 4.98 Å². The summed E-state index contributed by atoms with van der Waals surface area (Å²) in [4.78, 5) is 5.33. The highest BCUT2D eigenvalue weighted by Gasteiger charge is 2.39. The second-order valence-electron chi connectivity index (χ2n) is 12.8. The van der Waals surface area contributed by atoms with Gasteiger partial charge >= 0.3 is 0 Å². The molecule has 1 unspecified atom stereocenters. The van der Waals surface area contributed by atoms with E-state index in [4.69, 9.17) is 4.98 Å². The second kappa shape index (κ2) is 9.77. The van der Waals surface area contributed by atoms with E-state index >= 15 is 0 Å². The molecule has 214 valence electrons.